The molecule has 7 heteroatoms. The van der Waals surface area contributed by atoms with Crippen LogP contribution in [-0.4, -0.2) is 56.2 Å². The average molecular weight is 536 g/mol. The fraction of sp³-hybridized carbons (Fsp3) is 0.188. The van der Waals surface area contributed by atoms with Crippen LogP contribution in [0.3, 0.4) is 0 Å². The van der Waals surface area contributed by atoms with Gasteiger partial charge in [-0.3, -0.25) is 9.69 Å². The van der Waals surface area contributed by atoms with E-state index >= 15 is 0 Å². The van der Waals surface area contributed by atoms with Crippen molar-refractivity contribution in [2.45, 2.75) is 6.04 Å². The molecule has 0 unspecified atom stereocenters. The molecular weight excluding hydrogens is 506 g/mol. The summed E-state index contributed by atoms with van der Waals surface area (Å²) in [7, 11) is 1.98. The van der Waals surface area contributed by atoms with E-state index in [9.17, 15) is 4.79 Å². The molecule has 0 aliphatic carbocycles. The van der Waals surface area contributed by atoms with Crippen LogP contribution in [0.15, 0.2) is 109 Å². The average Bonchev–Trinajstić information content (AvgIpc) is 3.61. The van der Waals surface area contributed by atoms with Crippen molar-refractivity contribution in [1.29, 1.82) is 0 Å². The molecule has 3 heterocycles. The molecule has 1 aliphatic heterocycles. The van der Waals surface area contributed by atoms with E-state index in [2.05, 4.69) is 65.6 Å². The third kappa shape index (κ3) is 5.13. The number of amides is 1. The number of piperazine rings is 1. The van der Waals surface area contributed by atoms with Crippen molar-refractivity contribution in [2.24, 2.45) is 7.05 Å². The fourth-order valence-electron chi connectivity index (χ4n) is 5.39. The van der Waals surface area contributed by atoms with Crippen LogP contribution in [0.4, 0.5) is 0 Å². The third-order valence-corrected chi connectivity index (χ3v) is 7.66. The third-order valence-electron chi connectivity index (χ3n) is 7.40. The van der Waals surface area contributed by atoms with E-state index in [0.29, 0.717) is 23.8 Å². The Morgan fingerprint density at radius 1 is 0.795 bits per heavy atom. The van der Waals surface area contributed by atoms with Crippen LogP contribution in [0.5, 0.6) is 0 Å². The predicted octanol–water partition coefficient (Wildman–Crippen LogP) is 6.08. The first-order chi connectivity index (χ1) is 19.1. The molecule has 0 saturated carbocycles. The van der Waals surface area contributed by atoms with Crippen molar-refractivity contribution < 1.29 is 4.79 Å². The molecule has 1 saturated heterocycles. The highest BCUT2D eigenvalue weighted by atomic mass is 35.5. The quantitative estimate of drug-likeness (QED) is 0.265. The van der Waals surface area contributed by atoms with Crippen LogP contribution in [0, 0.1) is 0 Å². The van der Waals surface area contributed by atoms with Gasteiger partial charge in [0.2, 0.25) is 0 Å². The summed E-state index contributed by atoms with van der Waals surface area (Å²) < 4.78 is 3.75. The minimum Gasteiger partial charge on any atom is -0.349 e. The number of aromatic nitrogens is 3. The second-order valence-electron chi connectivity index (χ2n) is 9.86. The lowest BCUT2D eigenvalue weighted by Crippen LogP contribution is -2.50. The number of nitrogens with zero attached hydrogens (tertiary/aromatic N) is 5. The van der Waals surface area contributed by atoms with Gasteiger partial charge in [-0.15, -0.1) is 0 Å². The van der Waals surface area contributed by atoms with Crippen molar-refractivity contribution in [2.75, 3.05) is 26.2 Å². The maximum Gasteiger partial charge on any atom is 0.272 e. The van der Waals surface area contributed by atoms with Crippen molar-refractivity contribution in [1.82, 2.24) is 24.1 Å². The molecular formula is C32H30ClN5O. The van der Waals surface area contributed by atoms with Gasteiger partial charge in [-0.05, 0) is 53.6 Å². The van der Waals surface area contributed by atoms with E-state index in [1.165, 1.54) is 11.1 Å². The largest absolute Gasteiger partial charge is 0.349 e. The molecule has 6 rings (SSSR count). The van der Waals surface area contributed by atoms with Crippen LogP contribution in [0.2, 0.25) is 5.02 Å². The molecule has 3 aromatic carbocycles. The monoisotopic (exact) mass is 535 g/mol. The van der Waals surface area contributed by atoms with E-state index in [1.807, 2.05) is 65.2 Å². The van der Waals surface area contributed by atoms with Gasteiger partial charge in [0.1, 0.15) is 11.4 Å². The van der Waals surface area contributed by atoms with Gasteiger partial charge in [0.15, 0.2) is 0 Å². The van der Waals surface area contributed by atoms with Gasteiger partial charge in [0.25, 0.3) is 5.91 Å². The summed E-state index contributed by atoms with van der Waals surface area (Å²) in [6, 6.07) is 34.7. The zero-order valence-corrected chi connectivity index (χ0v) is 22.6. The minimum atomic E-state index is -0.0199. The first-order valence-electron chi connectivity index (χ1n) is 13.2. The lowest BCUT2D eigenvalue weighted by Gasteiger charge is -2.39. The maximum atomic E-state index is 14.0. The van der Waals surface area contributed by atoms with Crippen molar-refractivity contribution in [3.8, 4) is 17.1 Å². The Hall–Kier alpha value is -4.13. The van der Waals surface area contributed by atoms with Crippen molar-refractivity contribution >= 4 is 17.5 Å². The van der Waals surface area contributed by atoms with Gasteiger partial charge in [-0.2, -0.15) is 5.10 Å². The normalized spacial score (nSPS) is 14.2. The Kier molecular flexibility index (Phi) is 7.05. The summed E-state index contributed by atoms with van der Waals surface area (Å²) in [5.41, 5.74) is 5.58. The summed E-state index contributed by atoms with van der Waals surface area (Å²) in [5.74, 6) is -0.0199. The smallest absolute Gasteiger partial charge is 0.272 e. The van der Waals surface area contributed by atoms with Crippen molar-refractivity contribution in [3.63, 3.8) is 0 Å². The molecule has 0 radical (unpaired) electrons. The highest BCUT2D eigenvalue weighted by Gasteiger charge is 2.30. The standard InChI is InChI=1S/C32H30ClN5O/c1-35-18-8-13-29(35)28-23-30(38(34-28)27-16-14-26(33)15-17-27)32(39)37-21-19-36(20-22-37)31(24-9-4-2-5-10-24)25-11-6-3-7-12-25/h2-18,23,31H,19-22H2,1H3. The second-order valence-corrected chi connectivity index (χ2v) is 10.3. The number of halogens is 1. The molecule has 1 aliphatic rings. The Balaban J connectivity index is 1.27. The maximum absolute atomic E-state index is 14.0. The van der Waals surface area contributed by atoms with Crippen LogP contribution in [-0.2, 0) is 7.05 Å². The molecule has 5 aromatic rings. The zero-order valence-electron chi connectivity index (χ0n) is 21.8. The molecule has 6 nitrogen and oxygen atoms in total. The number of benzene rings is 3. The van der Waals surface area contributed by atoms with Crippen LogP contribution >= 0.6 is 11.6 Å². The number of hydrogen-bond acceptors (Lipinski definition) is 3. The minimum absolute atomic E-state index is 0.0199. The van der Waals surface area contributed by atoms with Crippen LogP contribution < -0.4 is 0 Å². The lowest BCUT2D eigenvalue weighted by atomic mass is 9.96. The first kappa shape index (κ1) is 25.2. The topological polar surface area (TPSA) is 46.3 Å². The highest BCUT2D eigenvalue weighted by molar-refractivity contribution is 6.30. The predicted molar refractivity (Wildman–Crippen MR) is 155 cm³/mol. The SMILES string of the molecule is Cn1cccc1-c1cc(C(=O)N2CCN(C(c3ccccc3)c3ccccc3)CC2)n(-c2ccc(Cl)cc2)n1. The lowest BCUT2D eigenvalue weighted by molar-refractivity contribution is 0.0589. The van der Waals surface area contributed by atoms with Gasteiger partial charge in [-0.25, -0.2) is 4.68 Å². The Labute approximate surface area is 233 Å². The second kappa shape index (κ2) is 10.9. The van der Waals surface area contributed by atoms with Gasteiger partial charge in [0, 0.05) is 44.4 Å². The summed E-state index contributed by atoms with van der Waals surface area (Å²) in [6.07, 6.45) is 1.98. The number of carbonyl (C=O) groups is 1. The number of hydrogen-bond donors (Lipinski definition) is 0. The van der Waals surface area contributed by atoms with E-state index in [0.717, 1.165) is 30.2 Å². The molecule has 0 bridgehead atoms. The summed E-state index contributed by atoms with van der Waals surface area (Å²) in [6.45, 7) is 2.83. The molecule has 0 N–H and O–H groups in total. The Morgan fingerprint density at radius 2 is 1.41 bits per heavy atom. The summed E-state index contributed by atoms with van der Waals surface area (Å²) in [4.78, 5) is 18.4. The van der Waals surface area contributed by atoms with E-state index in [1.54, 1.807) is 4.68 Å². The van der Waals surface area contributed by atoms with E-state index < -0.39 is 0 Å². The van der Waals surface area contributed by atoms with Gasteiger partial charge in [0.05, 0.1) is 17.4 Å². The highest BCUT2D eigenvalue weighted by Crippen LogP contribution is 2.30. The van der Waals surface area contributed by atoms with Crippen molar-refractivity contribution in [3.05, 3.63) is 131 Å². The van der Waals surface area contributed by atoms with Gasteiger partial charge in [-0.1, -0.05) is 72.3 Å². The Morgan fingerprint density at radius 3 is 1.97 bits per heavy atom. The molecule has 1 amide bonds. The van der Waals surface area contributed by atoms with Gasteiger partial charge < -0.3 is 9.47 Å². The summed E-state index contributed by atoms with van der Waals surface area (Å²) >= 11 is 6.15. The van der Waals surface area contributed by atoms with E-state index in [-0.39, 0.29) is 11.9 Å². The summed E-state index contributed by atoms with van der Waals surface area (Å²) in [5, 5.41) is 5.49. The molecule has 1 fully saturated rings. The number of aryl methyl sites for hydroxylation is 1. The molecule has 0 atom stereocenters. The van der Waals surface area contributed by atoms with Gasteiger partial charge >= 0.3 is 0 Å². The first-order valence-corrected chi connectivity index (χ1v) is 13.6. The van der Waals surface area contributed by atoms with Crippen LogP contribution in [0.1, 0.15) is 27.7 Å². The molecule has 2 aromatic heterocycles. The van der Waals surface area contributed by atoms with Crippen LogP contribution in [0.25, 0.3) is 17.1 Å². The molecule has 0 spiro atoms. The van der Waals surface area contributed by atoms with E-state index in [4.69, 9.17) is 16.7 Å². The number of carbonyl (C=O) groups excluding carboxylic acids is 1. The fourth-order valence-corrected chi connectivity index (χ4v) is 5.52. The Bertz CT molecular complexity index is 1510. The number of rotatable bonds is 6. The molecule has 39 heavy (non-hydrogen) atoms. The zero-order chi connectivity index (χ0) is 26.8. The molecule has 196 valence electrons.